The van der Waals surface area contributed by atoms with Gasteiger partial charge in [0, 0.05) is 49.1 Å². The van der Waals surface area contributed by atoms with E-state index in [4.69, 9.17) is 26.6 Å². The topological polar surface area (TPSA) is 212 Å². The molecule has 0 radical (unpaired) electrons. The zero-order chi connectivity index (χ0) is 34.0. The number of rotatable bonds is 25. The second-order valence-electron chi connectivity index (χ2n) is 10.7. The molecule has 0 saturated carbocycles. The third kappa shape index (κ3) is 14.7. The molecule has 0 aromatic rings. The maximum atomic E-state index is 13.1. The Morgan fingerprint density at radius 3 is 1.61 bits per heavy atom. The van der Waals surface area contributed by atoms with Crippen molar-refractivity contribution in [2.24, 2.45) is 17.3 Å². The lowest BCUT2D eigenvalue weighted by atomic mass is 9.77. The second kappa shape index (κ2) is 20.7. The highest BCUT2D eigenvalue weighted by molar-refractivity contribution is 6.61. The lowest BCUT2D eigenvalue weighted by Crippen LogP contribution is -2.54. The molecule has 2 atom stereocenters. The molecule has 2 unspecified atom stereocenters. The van der Waals surface area contributed by atoms with E-state index in [1.807, 2.05) is 20.8 Å². The lowest BCUT2D eigenvalue weighted by molar-refractivity contribution is -0.142. The molecule has 0 fully saturated rings. The molecule has 18 heteroatoms. The van der Waals surface area contributed by atoms with Crippen LogP contribution in [0, 0.1) is 17.3 Å². The van der Waals surface area contributed by atoms with Crippen LogP contribution in [0.4, 0.5) is 0 Å². The van der Waals surface area contributed by atoms with E-state index in [0.29, 0.717) is 6.42 Å². The van der Waals surface area contributed by atoms with Gasteiger partial charge < -0.3 is 47.4 Å². The normalized spacial score (nSPS) is 14.2. The van der Waals surface area contributed by atoms with E-state index in [0.717, 1.165) is 0 Å². The Bertz CT molecular complexity index is 929. The predicted octanol–water partition coefficient (Wildman–Crippen LogP) is 0.0821. The quantitative estimate of drug-likeness (QED) is 0.0329. The minimum Gasteiger partial charge on any atom is -0.481 e. The van der Waals surface area contributed by atoms with Gasteiger partial charge in [0.1, 0.15) is 0 Å². The molecule has 256 valence electrons. The maximum Gasteiger partial charge on any atom is 0.514 e. The van der Waals surface area contributed by atoms with Gasteiger partial charge in [-0.3, -0.25) is 29.8 Å². The summed E-state index contributed by atoms with van der Waals surface area (Å²) in [6.45, 7) is 5.72. The molecule has 0 saturated heterocycles. The smallest absolute Gasteiger partial charge is 0.481 e. The van der Waals surface area contributed by atoms with Crippen molar-refractivity contribution >= 4 is 41.4 Å². The van der Waals surface area contributed by atoms with Crippen LogP contribution in [0.15, 0.2) is 11.6 Å². The monoisotopic (exact) mass is 668 g/mol. The van der Waals surface area contributed by atoms with Crippen molar-refractivity contribution in [3.05, 3.63) is 11.6 Å². The van der Waals surface area contributed by atoms with Gasteiger partial charge in [0.25, 0.3) is 0 Å². The number of nitrogens with one attached hydrogen (secondary N) is 4. The first-order valence-electron chi connectivity index (χ1n) is 14.0. The van der Waals surface area contributed by atoms with Gasteiger partial charge >= 0.3 is 29.5 Å². The Labute approximate surface area is 262 Å². The Hall–Kier alpha value is -2.27. The SMILES string of the molecule is CCC(C)(C)C/C(=C\C(CC(=O)O)C(=O)NCNC[Si](OC)(OC)OC)C(CC(=O)NCNC[Si](OC)(OC)OC)C(=O)O. The molecule has 2 amide bonds. The fourth-order valence-corrected chi connectivity index (χ4v) is 6.82. The molecule has 0 rings (SSSR count). The van der Waals surface area contributed by atoms with Crippen LogP contribution in [-0.2, 0) is 45.7 Å². The van der Waals surface area contributed by atoms with E-state index in [1.165, 1.54) is 48.7 Å². The van der Waals surface area contributed by atoms with Crippen molar-refractivity contribution in [1.82, 2.24) is 21.3 Å². The number of carbonyl (C=O) groups excluding carboxylic acids is 2. The van der Waals surface area contributed by atoms with Gasteiger partial charge in [-0.25, -0.2) is 0 Å². The average molecular weight is 669 g/mol. The van der Waals surface area contributed by atoms with Crippen LogP contribution in [0.3, 0.4) is 0 Å². The molecular weight excluding hydrogens is 616 g/mol. The molecule has 6 N–H and O–H groups in total. The fourth-order valence-electron chi connectivity index (χ4n) is 4.09. The van der Waals surface area contributed by atoms with Crippen LogP contribution in [0.2, 0.25) is 0 Å². The Morgan fingerprint density at radius 1 is 0.773 bits per heavy atom. The highest BCUT2D eigenvalue weighted by Gasteiger charge is 2.38. The molecule has 0 aliphatic heterocycles. The molecule has 44 heavy (non-hydrogen) atoms. The summed E-state index contributed by atoms with van der Waals surface area (Å²) in [5.41, 5.74) is -0.109. The van der Waals surface area contributed by atoms with Crippen LogP contribution in [-0.4, -0.2) is 120 Å². The molecule has 0 aliphatic carbocycles. The molecule has 0 aromatic heterocycles. The van der Waals surface area contributed by atoms with Crippen molar-refractivity contribution < 1.29 is 55.9 Å². The van der Waals surface area contributed by atoms with Gasteiger partial charge in [0.05, 0.1) is 43.9 Å². The highest BCUT2D eigenvalue weighted by atomic mass is 28.4. The molecule has 0 aliphatic rings. The number of amides is 2. The van der Waals surface area contributed by atoms with E-state index in [2.05, 4.69) is 21.3 Å². The number of hydrogen-bond donors (Lipinski definition) is 6. The molecule has 0 spiro atoms. The molecule has 0 aromatic carbocycles. The van der Waals surface area contributed by atoms with Gasteiger partial charge in [-0.2, -0.15) is 0 Å². The minimum absolute atomic E-state index is 0.00803. The van der Waals surface area contributed by atoms with Crippen LogP contribution < -0.4 is 21.3 Å². The van der Waals surface area contributed by atoms with Crippen LogP contribution in [0.5, 0.6) is 0 Å². The molecule has 0 heterocycles. The van der Waals surface area contributed by atoms with Crippen molar-refractivity contribution in [2.75, 3.05) is 68.3 Å². The van der Waals surface area contributed by atoms with E-state index in [9.17, 15) is 29.4 Å². The first-order chi connectivity index (χ1) is 20.6. The summed E-state index contributed by atoms with van der Waals surface area (Å²) in [6.07, 6.45) is 1.62. The van der Waals surface area contributed by atoms with E-state index >= 15 is 0 Å². The lowest BCUT2D eigenvalue weighted by Gasteiger charge is -2.28. The van der Waals surface area contributed by atoms with Crippen molar-refractivity contribution in [2.45, 2.75) is 46.5 Å². The number of carboxylic acids is 2. The fraction of sp³-hybridized carbons (Fsp3) is 0.769. The maximum absolute atomic E-state index is 13.1. The zero-order valence-electron chi connectivity index (χ0n) is 27.4. The van der Waals surface area contributed by atoms with Crippen molar-refractivity contribution in [3.63, 3.8) is 0 Å². The summed E-state index contributed by atoms with van der Waals surface area (Å²) in [7, 11) is 2.79. The Balaban J connectivity index is 5.92. The molecular formula is C26H52N4O12Si2. The standard InChI is InChI=1S/C26H52N4O12Si2/c1-10-26(2,3)14-20(21(25(35)36)13-22(31)29-15-27-17-43(37-4,38-5)39-6)11-19(12-23(32)33)24(34)30-16-28-18-44(40-7,41-8)42-9/h11,19,21,27-28H,10,12-18H2,1-9H3,(H,29,31)(H,30,34)(H,32,33)(H,35,36)/b20-11+. The number of carboxylic acid groups (broad SMARTS) is 2. The molecule has 0 bridgehead atoms. The Morgan fingerprint density at radius 2 is 1.23 bits per heavy atom. The van der Waals surface area contributed by atoms with Crippen LogP contribution >= 0.6 is 0 Å². The summed E-state index contributed by atoms with van der Waals surface area (Å²) < 4.78 is 31.9. The van der Waals surface area contributed by atoms with Gasteiger partial charge in [-0.1, -0.05) is 38.8 Å². The first kappa shape index (κ1) is 41.7. The number of hydrogen-bond acceptors (Lipinski definition) is 12. The van der Waals surface area contributed by atoms with Gasteiger partial charge in [-0.05, 0) is 11.8 Å². The van der Waals surface area contributed by atoms with E-state index < -0.39 is 71.5 Å². The third-order valence-electron chi connectivity index (χ3n) is 7.27. The molecule has 16 nitrogen and oxygen atoms in total. The van der Waals surface area contributed by atoms with Crippen molar-refractivity contribution in [1.29, 1.82) is 0 Å². The van der Waals surface area contributed by atoms with Gasteiger partial charge in [-0.15, -0.1) is 0 Å². The van der Waals surface area contributed by atoms with E-state index in [1.54, 1.807) is 0 Å². The van der Waals surface area contributed by atoms with Crippen LogP contribution in [0.1, 0.15) is 46.5 Å². The minimum atomic E-state index is -2.96. The summed E-state index contributed by atoms with van der Waals surface area (Å²) >= 11 is 0. The number of carbonyl (C=O) groups is 4. The van der Waals surface area contributed by atoms with Gasteiger partial charge in [0.15, 0.2) is 0 Å². The number of aliphatic carboxylic acids is 2. The largest absolute Gasteiger partial charge is 0.514 e. The first-order valence-corrected chi connectivity index (χ1v) is 17.9. The van der Waals surface area contributed by atoms with Gasteiger partial charge in [0.2, 0.25) is 11.8 Å². The zero-order valence-corrected chi connectivity index (χ0v) is 29.4. The summed E-state index contributed by atoms with van der Waals surface area (Å²) in [4.78, 5) is 50.1. The summed E-state index contributed by atoms with van der Waals surface area (Å²) in [5.74, 6) is -6.21. The van der Waals surface area contributed by atoms with Crippen molar-refractivity contribution in [3.8, 4) is 0 Å². The van der Waals surface area contributed by atoms with E-state index in [-0.39, 0.29) is 37.7 Å². The average Bonchev–Trinajstić information content (AvgIpc) is 2.99. The second-order valence-corrected chi connectivity index (χ2v) is 16.6. The third-order valence-corrected chi connectivity index (χ3v) is 12.4. The summed E-state index contributed by atoms with van der Waals surface area (Å²) in [6, 6.07) is 0. The highest BCUT2D eigenvalue weighted by Crippen LogP contribution is 2.34. The van der Waals surface area contributed by atoms with Crippen LogP contribution in [0.25, 0.3) is 0 Å². The summed E-state index contributed by atoms with van der Waals surface area (Å²) in [5, 5.41) is 30.8. The predicted molar refractivity (Wildman–Crippen MR) is 164 cm³/mol. The Kier molecular flexibility index (Phi) is 19.6.